The zero-order chi connectivity index (χ0) is 13.3. The third-order valence-corrected chi connectivity index (χ3v) is 2.40. The first kappa shape index (κ1) is 12.6. The second kappa shape index (κ2) is 4.41. The Balaban J connectivity index is 2.29. The van der Waals surface area contributed by atoms with Gasteiger partial charge in [0.1, 0.15) is 0 Å². The first-order valence-corrected chi connectivity index (χ1v) is 5.14. The van der Waals surface area contributed by atoms with Crippen LogP contribution in [0.15, 0.2) is 30.7 Å². The highest BCUT2D eigenvalue weighted by Gasteiger charge is 2.32. The predicted molar refractivity (Wildman–Crippen MR) is 57.0 cm³/mol. The van der Waals surface area contributed by atoms with Gasteiger partial charge in [0.05, 0.1) is 17.9 Å². The molecule has 0 aliphatic heterocycles. The average molecular weight is 257 g/mol. The SMILES string of the molecule is C[C@@H](O)c1ccc(-n2cc(C(F)(F)F)cn2)nc1. The lowest BCUT2D eigenvalue weighted by Crippen LogP contribution is -2.03. The summed E-state index contributed by atoms with van der Waals surface area (Å²) in [5.41, 5.74) is -0.245. The third kappa shape index (κ3) is 2.51. The zero-order valence-electron chi connectivity index (χ0n) is 9.39. The van der Waals surface area contributed by atoms with Crippen molar-refractivity contribution in [3.63, 3.8) is 0 Å². The van der Waals surface area contributed by atoms with Gasteiger partial charge in [0.25, 0.3) is 0 Å². The second-order valence-corrected chi connectivity index (χ2v) is 3.80. The van der Waals surface area contributed by atoms with Gasteiger partial charge >= 0.3 is 6.18 Å². The van der Waals surface area contributed by atoms with E-state index >= 15 is 0 Å². The van der Waals surface area contributed by atoms with Crippen LogP contribution in [-0.4, -0.2) is 19.9 Å². The Kier molecular flexibility index (Phi) is 3.08. The van der Waals surface area contributed by atoms with Crippen molar-refractivity contribution in [2.24, 2.45) is 0 Å². The number of alkyl halides is 3. The number of hydrogen-bond donors (Lipinski definition) is 1. The molecule has 0 aliphatic rings. The molecule has 0 bridgehead atoms. The van der Waals surface area contributed by atoms with E-state index in [1.807, 2.05) is 0 Å². The van der Waals surface area contributed by atoms with E-state index < -0.39 is 17.8 Å². The van der Waals surface area contributed by atoms with E-state index in [1.54, 1.807) is 13.0 Å². The fourth-order valence-corrected chi connectivity index (χ4v) is 1.37. The Morgan fingerprint density at radius 2 is 2.00 bits per heavy atom. The number of halogens is 3. The van der Waals surface area contributed by atoms with Gasteiger partial charge in [-0.15, -0.1) is 0 Å². The smallest absolute Gasteiger partial charge is 0.389 e. The fraction of sp³-hybridized carbons (Fsp3) is 0.273. The van der Waals surface area contributed by atoms with E-state index in [1.165, 1.54) is 12.3 Å². The molecule has 0 radical (unpaired) electrons. The van der Waals surface area contributed by atoms with Gasteiger partial charge in [-0.1, -0.05) is 6.07 Å². The van der Waals surface area contributed by atoms with Crippen molar-refractivity contribution in [3.8, 4) is 5.82 Å². The molecule has 1 atom stereocenters. The molecule has 2 aromatic heterocycles. The van der Waals surface area contributed by atoms with Gasteiger partial charge in [0, 0.05) is 12.4 Å². The summed E-state index contributed by atoms with van der Waals surface area (Å²) in [5.74, 6) is 0.259. The summed E-state index contributed by atoms with van der Waals surface area (Å²) in [6.07, 6.45) is -2.09. The minimum Gasteiger partial charge on any atom is -0.389 e. The lowest BCUT2D eigenvalue weighted by atomic mass is 10.2. The van der Waals surface area contributed by atoms with Gasteiger partial charge in [-0.2, -0.15) is 18.3 Å². The first-order chi connectivity index (χ1) is 8.38. The van der Waals surface area contributed by atoms with Gasteiger partial charge < -0.3 is 5.11 Å². The molecule has 2 aromatic rings. The van der Waals surface area contributed by atoms with E-state index in [4.69, 9.17) is 0 Å². The van der Waals surface area contributed by atoms with Crippen LogP contribution in [-0.2, 0) is 6.18 Å². The maximum atomic E-state index is 12.4. The summed E-state index contributed by atoms with van der Waals surface area (Å²) in [4.78, 5) is 3.94. The van der Waals surface area contributed by atoms with E-state index in [0.29, 0.717) is 5.56 Å². The van der Waals surface area contributed by atoms with Crippen molar-refractivity contribution < 1.29 is 18.3 Å². The van der Waals surface area contributed by atoms with Crippen LogP contribution in [0, 0.1) is 0 Å². The van der Waals surface area contributed by atoms with Crippen LogP contribution in [0.1, 0.15) is 24.2 Å². The third-order valence-electron chi connectivity index (χ3n) is 2.40. The molecule has 0 saturated carbocycles. The van der Waals surface area contributed by atoms with Crippen molar-refractivity contribution >= 4 is 0 Å². The largest absolute Gasteiger partial charge is 0.419 e. The lowest BCUT2D eigenvalue weighted by Gasteiger charge is -2.05. The maximum Gasteiger partial charge on any atom is 0.419 e. The summed E-state index contributed by atoms with van der Waals surface area (Å²) in [6.45, 7) is 1.58. The minimum absolute atomic E-state index is 0.259. The molecule has 2 heterocycles. The van der Waals surface area contributed by atoms with Crippen LogP contribution in [0.25, 0.3) is 5.82 Å². The molecule has 0 unspecified atom stereocenters. The molecule has 7 heteroatoms. The highest BCUT2D eigenvalue weighted by Crippen LogP contribution is 2.28. The number of rotatable bonds is 2. The normalized spacial score (nSPS) is 13.6. The summed E-state index contributed by atoms with van der Waals surface area (Å²) >= 11 is 0. The van der Waals surface area contributed by atoms with Gasteiger partial charge in [-0.05, 0) is 18.6 Å². The molecule has 0 spiro atoms. The lowest BCUT2D eigenvalue weighted by molar-refractivity contribution is -0.137. The second-order valence-electron chi connectivity index (χ2n) is 3.80. The van der Waals surface area contributed by atoms with Crippen LogP contribution in [0.5, 0.6) is 0 Å². The Morgan fingerprint density at radius 1 is 1.28 bits per heavy atom. The van der Waals surface area contributed by atoms with Crippen molar-refractivity contribution in [1.29, 1.82) is 0 Å². The number of pyridine rings is 1. The van der Waals surface area contributed by atoms with Crippen LogP contribution >= 0.6 is 0 Å². The Labute approximate surface area is 101 Å². The van der Waals surface area contributed by atoms with Crippen LogP contribution in [0.4, 0.5) is 13.2 Å². The Hall–Kier alpha value is -1.89. The molecule has 1 N–H and O–H groups in total. The Morgan fingerprint density at radius 3 is 2.44 bits per heavy atom. The number of aliphatic hydroxyl groups is 1. The van der Waals surface area contributed by atoms with Crippen molar-refractivity contribution in [2.45, 2.75) is 19.2 Å². The molecule has 96 valence electrons. The highest BCUT2D eigenvalue weighted by atomic mass is 19.4. The van der Waals surface area contributed by atoms with E-state index in [9.17, 15) is 18.3 Å². The monoisotopic (exact) mass is 257 g/mol. The predicted octanol–water partition coefficient (Wildman–Crippen LogP) is 2.34. The zero-order valence-corrected chi connectivity index (χ0v) is 9.39. The van der Waals surface area contributed by atoms with Crippen LogP contribution in [0.2, 0.25) is 0 Å². The highest BCUT2D eigenvalue weighted by molar-refractivity contribution is 5.27. The van der Waals surface area contributed by atoms with E-state index in [0.717, 1.165) is 17.1 Å². The summed E-state index contributed by atoms with van der Waals surface area (Å²) < 4.78 is 38.2. The van der Waals surface area contributed by atoms with E-state index in [-0.39, 0.29) is 5.82 Å². The molecule has 4 nitrogen and oxygen atoms in total. The summed E-state index contributed by atoms with van der Waals surface area (Å²) in [6, 6.07) is 3.08. The first-order valence-electron chi connectivity index (χ1n) is 5.14. The summed E-state index contributed by atoms with van der Waals surface area (Å²) in [5, 5.41) is 12.9. The van der Waals surface area contributed by atoms with Gasteiger partial charge in [0.2, 0.25) is 0 Å². The number of nitrogens with zero attached hydrogens (tertiary/aromatic N) is 3. The molecular weight excluding hydrogens is 247 g/mol. The van der Waals surface area contributed by atoms with Gasteiger partial charge in [-0.3, -0.25) is 0 Å². The van der Waals surface area contributed by atoms with Crippen molar-refractivity contribution in [3.05, 3.63) is 41.9 Å². The Bertz CT molecular complexity index is 531. The number of hydrogen-bond acceptors (Lipinski definition) is 3. The molecule has 2 rings (SSSR count). The number of aromatic nitrogens is 3. The topological polar surface area (TPSA) is 50.9 Å². The quantitative estimate of drug-likeness (QED) is 0.898. The molecule has 0 aromatic carbocycles. The molecule has 0 fully saturated rings. The van der Waals surface area contributed by atoms with E-state index in [2.05, 4.69) is 10.1 Å². The van der Waals surface area contributed by atoms with Gasteiger partial charge in [0.15, 0.2) is 5.82 Å². The molecule has 0 amide bonds. The summed E-state index contributed by atoms with van der Waals surface area (Å²) in [7, 11) is 0. The molecule has 0 aliphatic carbocycles. The van der Waals surface area contributed by atoms with Crippen LogP contribution in [0.3, 0.4) is 0 Å². The maximum absolute atomic E-state index is 12.4. The minimum atomic E-state index is -4.42. The standard InChI is InChI=1S/C11H10F3N3O/c1-7(18)8-2-3-10(15-4-8)17-6-9(5-16-17)11(12,13)14/h2-7,18H,1H3/t7-/m1/s1. The van der Waals surface area contributed by atoms with Gasteiger partial charge in [-0.25, -0.2) is 9.67 Å². The average Bonchev–Trinajstić information content (AvgIpc) is 2.78. The van der Waals surface area contributed by atoms with Crippen molar-refractivity contribution in [1.82, 2.24) is 14.8 Å². The molecule has 0 saturated heterocycles. The van der Waals surface area contributed by atoms with Crippen LogP contribution < -0.4 is 0 Å². The number of aliphatic hydroxyl groups excluding tert-OH is 1. The molecule has 18 heavy (non-hydrogen) atoms. The fourth-order valence-electron chi connectivity index (χ4n) is 1.37. The molecular formula is C11H10F3N3O. The van der Waals surface area contributed by atoms with Crippen molar-refractivity contribution in [2.75, 3.05) is 0 Å².